The molecule has 3 N–H and O–H groups in total. The Balaban J connectivity index is 2.08. The first kappa shape index (κ1) is 25.3. The third-order valence-corrected chi connectivity index (χ3v) is 6.07. The van der Waals surface area contributed by atoms with E-state index >= 15 is 0 Å². The van der Waals surface area contributed by atoms with Crippen molar-refractivity contribution in [2.75, 3.05) is 12.4 Å². The number of methoxy groups -OCH3 is 1. The summed E-state index contributed by atoms with van der Waals surface area (Å²) < 4.78 is 93.8. The molecular formula is C22H20F6N2O4. The van der Waals surface area contributed by atoms with Crippen molar-refractivity contribution in [3.05, 3.63) is 58.9 Å². The number of hydrogen-bond donors (Lipinski definition) is 2. The van der Waals surface area contributed by atoms with Gasteiger partial charge in [0.05, 0.1) is 12.7 Å². The van der Waals surface area contributed by atoms with Gasteiger partial charge in [-0.15, -0.1) is 0 Å². The van der Waals surface area contributed by atoms with Crippen LogP contribution in [-0.2, 0) is 9.53 Å². The molecule has 34 heavy (non-hydrogen) atoms. The Kier molecular flexibility index (Phi) is 6.57. The van der Waals surface area contributed by atoms with E-state index in [0.717, 1.165) is 45.2 Å². The average molecular weight is 490 g/mol. The van der Waals surface area contributed by atoms with Gasteiger partial charge in [-0.3, -0.25) is 9.59 Å². The average Bonchev–Trinajstić information content (AvgIpc) is 3.03. The first-order valence-electron chi connectivity index (χ1n) is 9.89. The monoisotopic (exact) mass is 490 g/mol. The van der Waals surface area contributed by atoms with Gasteiger partial charge in [-0.05, 0) is 31.2 Å². The molecule has 0 radical (unpaired) electrons. The third kappa shape index (κ3) is 4.17. The molecule has 2 aromatic carbocycles. The number of benzene rings is 2. The summed E-state index contributed by atoms with van der Waals surface area (Å²) in [5, 5.41) is 2.26. The molecular weight excluding hydrogens is 470 g/mol. The molecule has 0 saturated carbocycles. The summed E-state index contributed by atoms with van der Waals surface area (Å²) in [5.74, 6) is -9.46. The zero-order valence-electron chi connectivity index (χ0n) is 18.1. The number of anilines is 1. The van der Waals surface area contributed by atoms with Crippen LogP contribution in [0.2, 0.25) is 0 Å². The number of nitrogens with two attached hydrogens (primary N) is 1. The number of carbonyl (C=O) groups excluding carboxylic acids is 2. The molecule has 0 unspecified atom stereocenters. The van der Waals surface area contributed by atoms with Crippen molar-refractivity contribution in [3.8, 4) is 5.75 Å². The maximum atomic E-state index is 14.4. The second kappa shape index (κ2) is 8.82. The Labute approximate surface area is 190 Å². The van der Waals surface area contributed by atoms with E-state index in [1.807, 2.05) is 0 Å². The van der Waals surface area contributed by atoms with Gasteiger partial charge in [-0.2, -0.15) is 17.6 Å². The Morgan fingerprint density at radius 3 is 2.29 bits per heavy atom. The lowest BCUT2D eigenvalue weighted by Crippen LogP contribution is -2.47. The Morgan fingerprint density at radius 2 is 1.74 bits per heavy atom. The lowest BCUT2D eigenvalue weighted by Gasteiger charge is -2.32. The highest BCUT2D eigenvalue weighted by atomic mass is 19.4. The van der Waals surface area contributed by atoms with Crippen LogP contribution < -0.4 is 15.8 Å². The van der Waals surface area contributed by atoms with E-state index in [2.05, 4.69) is 5.32 Å². The number of amides is 2. The van der Waals surface area contributed by atoms with E-state index in [0.29, 0.717) is 6.07 Å². The van der Waals surface area contributed by atoms with Crippen LogP contribution in [0.15, 0.2) is 30.3 Å². The van der Waals surface area contributed by atoms with E-state index in [-0.39, 0.29) is 11.3 Å². The minimum absolute atomic E-state index is 0.145. The maximum Gasteiger partial charge on any atom is 0.417 e. The smallest absolute Gasteiger partial charge is 0.417 e. The largest absolute Gasteiger partial charge is 0.493 e. The van der Waals surface area contributed by atoms with Gasteiger partial charge in [0.25, 0.3) is 11.8 Å². The molecule has 0 aromatic heterocycles. The highest BCUT2D eigenvalue weighted by Gasteiger charge is 2.65. The Hall–Kier alpha value is -3.28. The van der Waals surface area contributed by atoms with Gasteiger partial charge in [0.2, 0.25) is 5.82 Å². The van der Waals surface area contributed by atoms with Crippen LogP contribution in [0.1, 0.15) is 35.7 Å². The minimum Gasteiger partial charge on any atom is -0.493 e. The van der Waals surface area contributed by atoms with Crippen LogP contribution in [-0.4, -0.2) is 36.8 Å². The zero-order chi connectivity index (χ0) is 25.6. The van der Waals surface area contributed by atoms with Gasteiger partial charge in [0, 0.05) is 23.1 Å². The minimum atomic E-state index is -4.93. The Morgan fingerprint density at radius 1 is 1.12 bits per heavy atom. The van der Waals surface area contributed by atoms with Gasteiger partial charge in [-0.25, -0.2) is 8.78 Å². The summed E-state index contributed by atoms with van der Waals surface area (Å²) in [7, 11) is 1.00. The molecule has 0 spiro atoms. The summed E-state index contributed by atoms with van der Waals surface area (Å²) in [5.41, 5.74) is 1.32. The van der Waals surface area contributed by atoms with E-state index in [9.17, 15) is 35.9 Å². The van der Waals surface area contributed by atoms with Gasteiger partial charge >= 0.3 is 6.18 Å². The van der Waals surface area contributed by atoms with Gasteiger partial charge in [0.15, 0.2) is 17.2 Å². The quantitative estimate of drug-likeness (QED) is 0.612. The van der Waals surface area contributed by atoms with Crippen molar-refractivity contribution in [3.63, 3.8) is 0 Å². The fourth-order valence-electron chi connectivity index (χ4n) is 4.05. The van der Waals surface area contributed by atoms with Gasteiger partial charge in [-0.1, -0.05) is 13.0 Å². The molecule has 0 aliphatic carbocycles. The summed E-state index contributed by atoms with van der Waals surface area (Å²) in [6.07, 6.45) is -6.77. The SMILES string of the molecule is COc1c([C@H]2[C@@H](C(=O)Nc3ccc(F)c(C(N)=O)c3)O[C@@](C)(C(F)(F)F)[C@H]2C)ccc(F)c1F. The number of carbonyl (C=O) groups is 2. The Bertz CT molecular complexity index is 1140. The molecule has 2 amide bonds. The molecule has 2 aromatic rings. The molecule has 1 aliphatic heterocycles. The molecule has 4 atom stereocenters. The van der Waals surface area contributed by atoms with Crippen LogP contribution in [0.5, 0.6) is 5.75 Å². The van der Waals surface area contributed by atoms with Crippen molar-refractivity contribution in [2.45, 2.75) is 37.6 Å². The molecule has 1 aliphatic rings. The molecule has 6 nitrogen and oxygen atoms in total. The summed E-state index contributed by atoms with van der Waals surface area (Å²) in [6.45, 7) is 1.91. The number of halogens is 6. The number of alkyl halides is 3. The summed E-state index contributed by atoms with van der Waals surface area (Å²) in [6, 6.07) is 4.53. The number of hydrogen-bond acceptors (Lipinski definition) is 4. The second-order valence-corrected chi connectivity index (χ2v) is 7.99. The van der Waals surface area contributed by atoms with Crippen LogP contribution in [0.4, 0.5) is 32.0 Å². The van der Waals surface area contributed by atoms with Crippen LogP contribution in [0, 0.1) is 23.4 Å². The van der Waals surface area contributed by atoms with Crippen molar-refractivity contribution in [1.82, 2.24) is 0 Å². The first-order chi connectivity index (χ1) is 15.7. The molecule has 0 bridgehead atoms. The van der Waals surface area contributed by atoms with Crippen molar-refractivity contribution < 1.29 is 45.4 Å². The lowest BCUT2D eigenvalue weighted by molar-refractivity contribution is -0.272. The summed E-state index contributed by atoms with van der Waals surface area (Å²) >= 11 is 0. The second-order valence-electron chi connectivity index (χ2n) is 7.99. The lowest BCUT2D eigenvalue weighted by atomic mass is 9.77. The normalized spacial score (nSPS) is 24.7. The fraction of sp³-hybridized carbons (Fsp3) is 0.364. The predicted octanol–water partition coefficient (Wildman–Crippen LogP) is 4.29. The van der Waals surface area contributed by atoms with E-state index in [4.69, 9.17) is 15.2 Å². The topological polar surface area (TPSA) is 90.6 Å². The third-order valence-electron chi connectivity index (χ3n) is 6.07. The molecule has 1 saturated heterocycles. The maximum absolute atomic E-state index is 14.4. The number of primary amides is 1. The highest BCUT2D eigenvalue weighted by Crippen LogP contribution is 2.55. The molecule has 3 rings (SSSR count). The van der Waals surface area contributed by atoms with Crippen molar-refractivity contribution in [1.29, 1.82) is 0 Å². The molecule has 1 fully saturated rings. The predicted molar refractivity (Wildman–Crippen MR) is 108 cm³/mol. The molecule has 1 heterocycles. The number of rotatable bonds is 5. The first-order valence-corrected chi connectivity index (χ1v) is 9.89. The van der Waals surface area contributed by atoms with E-state index in [1.165, 1.54) is 0 Å². The van der Waals surface area contributed by atoms with Crippen LogP contribution in [0.3, 0.4) is 0 Å². The van der Waals surface area contributed by atoms with Crippen molar-refractivity contribution in [2.24, 2.45) is 11.7 Å². The van der Waals surface area contributed by atoms with Crippen LogP contribution in [0.25, 0.3) is 0 Å². The highest BCUT2D eigenvalue weighted by molar-refractivity contribution is 5.98. The van der Waals surface area contributed by atoms with Crippen molar-refractivity contribution >= 4 is 17.5 Å². The number of nitrogens with one attached hydrogen (secondary N) is 1. The number of ether oxygens (including phenoxy) is 2. The summed E-state index contributed by atoms with van der Waals surface area (Å²) in [4.78, 5) is 24.4. The van der Waals surface area contributed by atoms with Crippen LogP contribution >= 0.6 is 0 Å². The molecule has 184 valence electrons. The van der Waals surface area contributed by atoms with Gasteiger partial charge < -0.3 is 20.5 Å². The molecule has 12 heteroatoms. The van der Waals surface area contributed by atoms with E-state index < -0.39 is 70.3 Å². The zero-order valence-corrected chi connectivity index (χ0v) is 18.1. The van der Waals surface area contributed by atoms with Gasteiger partial charge in [0.1, 0.15) is 11.9 Å². The standard InChI is InChI=1S/C22H20F6N2O4/c1-9-15(11-5-7-14(24)16(25)17(11)33-3)18(34-21(9,2)22(26,27)28)20(32)30-10-4-6-13(23)12(8-10)19(29)31/h4-9,15,18H,1-3H3,(H2,29,31)(H,30,32)/t9-,15-,18-,21+/m0/s1. The van der Waals surface area contributed by atoms with E-state index in [1.54, 1.807) is 0 Å². The fourth-order valence-corrected chi connectivity index (χ4v) is 4.05.